The van der Waals surface area contributed by atoms with Crippen molar-refractivity contribution in [1.29, 1.82) is 0 Å². The molecule has 0 radical (unpaired) electrons. The Morgan fingerprint density at radius 3 is 2.50 bits per heavy atom. The van der Waals surface area contributed by atoms with E-state index >= 15 is 0 Å². The van der Waals surface area contributed by atoms with Crippen LogP contribution in [0.3, 0.4) is 0 Å². The maximum atomic E-state index is 11.1. The molecule has 1 aromatic carbocycles. The van der Waals surface area contributed by atoms with Crippen molar-refractivity contribution in [3.05, 3.63) is 35.9 Å². The number of esters is 1. The summed E-state index contributed by atoms with van der Waals surface area (Å²) in [5.74, 6) is -0.603. The Hall–Kier alpha value is -0.350. The van der Waals surface area contributed by atoms with Gasteiger partial charge in [0.05, 0.1) is 6.61 Å². The zero-order chi connectivity index (χ0) is 9.68. The first-order valence-electron chi connectivity index (χ1n) is 4.15. The molecule has 1 aromatic rings. The summed E-state index contributed by atoms with van der Waals surface area (Å²) in [4.78, 5) is 11.1. The second-order valence-corrected chi connectivity index (χ2v) is 2.57. The topological polar surface area (TPSA) is 46.5 Å². The number of aliphatic hydroxyl groups excluding tert-OH is 1. The Bertz CT molecular complexity index is 274. The van der Waals surface area contributed by atoms with E-state index in [1.807, 2.05) is 6.07 Å². The Balaban J connectivity index is 0.00000169. The normalized spacial score (nSPS) is 11.3. The van der Waals surface area contributed by atoms with Crippen LogP contribution in [0.5, 0.6) is 0 Å². The van der Waals surface area contributed by atoms with Gasteiger partial charge >= 0.3 is 35.5 Å². The van der Waals surface area contributed by atoms with Gasteiger partial charge in [0.25, 0.3) is 0 Å². The molecule has 14 heavy (non-hydrogen) atoms. The molecule has 0 saturated carbocycles. The predicted octanol–water partition coefficient (Wildman–Crippen LogP) is 0.635. The molecule has 0 amide bonds. The average Bonchev–Trinajstić information content (AvgIpc) is 2.18. The molecular weight excluding hydrogens is 191 g/mol. The van der Waals surface area contributed by atoms with Crippen LogP contribution in [0.1, 0.15) is 18.6 Å². The van der Waals surface area contributed by atoms with Gasteiger partial charge in [-0.15, -0.1) is 0 Å². The molecule has 0 unspecified atom stereocenters. The van der Waals surface area contributed by atoms with Crippen molar-refractivity contribution in [3.63, 3.8) is 0 Å². The molecule has 0 aliphatic heterocycles. The molecule has 1 N–H and O–H groups in total. The number of benzene rings is 1. The molecule has 4 heteroatoms. The summed E-state index contributed by atoms with van der Waals surface area (Å²) in [6.45, 7) is 1.98. The van der Waals surface area contributed by atoms with E-state index in [4.69, 9.17) is 0 Å². The summed E-state index contributed by atoms with van der Waals surface area (Å²) in [5, 5.41) is 9.45. The van der Waals surface area contributed by atoms with E-state index in [9.17, 15) is 9.90 Å². The van der Waals surface area contributed by atoms with Gasteiger partial charge in [0.15, 0.2) is 6.10 Å². The second-order valence-electron chi connectivity index (χ2n) is 2.57. The van der Waals surface area contributed by atoms with Gasteiger partial charge in [0, 0.05) is 0 Å². The number of hydrogen-bond donors (Lipinski definition) is 1. The van der Waals surface area contributed by atoms with Crippen molar-refractivity contribution >= 4 is 35.5 Å². The number of aliphatic hydroxyl groups is 1. The summed E-state index contributed by atoms with van der Waals surface area (Å²) in [6.07, 6.45) is -1.17. The van der Waals surface area contributed by atoms with Gasteiger partial charge in [-0.25, -0.2) is 4.79 Å². The van der Waals surface area contributed by atoms with Crippen molar-refractivity contribution in [2.45, 2.75) is 13.0 Å². The minimum atomic E-state index is -1.17. The second kappa shape index (κ2) is 7.01. The molecule has 72 valence electrons. The maximum absolute atomic E-state index is 11.1. The van der Waals surface area contributed by atoms with Crippen LogP contribution in [0, 0.1) is 0 Å². The van der Waals surface area contributed by atoms with Crippen molar-refractivity contribution in [1.82, 2.24) is 0 Å². The Morgan fingerprint density at radius 1 is 1.43 bits per heavy atom. The quantitative estimate of drug-likeness (QED) is 0.580. The van der Waals surface area contributed by atoms with Crippen LogP contribution in [0.25, 0.3) is 0 Å². The minimum absolute atomic E-state index is 0. The van der Waals surface area contributed by atoms with Crippen LogP contribution in [-0.2, 0) is 9.53 Å². The third-order valence-corrected chi connectivity index (χ3v) is 1.63. The molecule has 0 aliphatic carbocycles. The van der Waals surface area contributed by atoms with Crippen molar-refractivity contribution in [3.8, 4) is 0 Å². The summed E-state index contributed by atoms with van der Waals surface area (Å²) in [7, 11) is 0. The monoisotopic (exact) mass is 204 g/mol. The van der Waals surface area contributed by atoms with Crippen LogP contribution >= 0.6 is 0 Å². The number of carbonyl (C=O) groups excluding carboxylic acids is 1. The zero-order valence-electron chi connectivity index (χ0n) is 7.43. The molecule has 0 saturated heterocycles. The SMILES string of the molecule is CCOC(=O)[C@H](O)c1ccccc1.[NaH]. The first kappa shape index (κ1) is 13.7. The molecule has 0 fully saturated rings. The van der Waals surface area contributed by atoms with Gasteiger partial charge in [-0.2, -0.15) is 0 Å². The van der Waals surface area contributed by atoms with Crippen LogP contribution in [0.2, 0.25) is 0 Å². The van der Waals surface area contributed by atoms with E-state index in [-0.39, 0.29) is 36.2 Å². The van der Waals surface area contributed by atoms with Gasteiger partial charge < -0.3 is 9.84 Å². The van der Waals surface area contributed by atoms with E-state index in [0.717, 1.165) is 0 Å². The predicted molar refractivity (Wildman–Crippen MR) is 55.2 cm³/mol. The van der Waals surface area contributed by atoms with E-state index in [1.165, 1.54) is 0 Å². The first-order chi connectivity index (χ1) is 6.25. The fourth-order valence-corrected chi connectivity index (χ4v) is 0.993. The standard InChI is InChI=1S/C10H12O3.Na.H/c1-2-13-10(12)9(11)8-6-4-3-5-7-8;;/h3-7,9,11H,2H2,1H3;;/t9-;;/m1../s1. The Labute approximate surface area is 105 Å². The van der Waals surface area contributed by atoms with Gasteiger partial charge in [0.2, 0.25) is 0 Å². The van der Waals surface area contributed by atoms with Crippen molar-refractivity contribution in [2.75, 3.05) is 6.61 Å². The summed E-state index contributed by atoms with van der Waals surface area (Å²) >= 11 is 0. The fraction of sp³-hybridized carbons (Fsp3) is 0.300. The number of carbonyl (C=O) groups is 1. The summed E-state index contributed by atoms with van der Waals surface area (Å²) in [5.41, 5.74) is 0.556. The van der Waals surface area contributed by atoms with E-state index < -0.39 is 12.1 Å². The molecule has 1 rings (SSSR count). The average molecular weight is 204 g/mol. The third kappa shape index (κ3) is 3.80. The molecule has 0 spiro atoms. The van der Waals surface area contributed by atoms with E-state index in [2.05, 4.69) is 4.74 Å². The van der Waals surface area contributed by atoms with Crippen molar-refractivity contribution < 1.29 is 14.6 Å². The number of hydrogen-bond acceptors (Lipinski definition) is 3. The van der Waals surface area contributed by atoms with Crippen LogP contribution in [0.4, 0.5) is 0 Å². The number of ether oxygens (including phenoxy) is 1. The van der Waals surface area contributed by atoms with Crippen LogP contribution in [-0.4, -0.2) is 47.2 Å². The molecular formula is C10H13NaO3. The van der Waals surface area contributed by atoms with Crippen molar-refractivity contribution in [2.24, 2.45) is 0 Å². The molecule has 0 aliphatic rings. The van der Waals surface area contributed by atoms with Gasteiger partial charge in [-0.05, 0) is 12.5 Å². The van der Waals surface area contributed by atoms with E-state index in [1.54, 1.807) is 31.2 Å². The molecule has 0 heterocycles. The van der Waals surface area contributed by atoms with Crippen LogP contribution < -0.4 is 0 Å². The van der Waals surface area contributed by atoms with Gasteiger partial charge in [-0.1, -0.05) is 30.3 Å². The fourth-order valence-electron chi connectivity index (χ4n) is 0.993. The van der Waals surface area contributed by atoms with Gasteiger partial charge in [-0.3, -0.25) is 0 Å². The van der Waals surface area contributed by atoms with E-state index in [0.29, 0.717) is 5.56 Å². The Kier molecular flexibility index (Phi) is 6.83. The molecule has 3 nitrogen and oxygen atoms in total. The molecule has 0 bridgehead atoms. The summed E-state index contributed by atoms with van der Waals surface area (Å²) < 4.78 is 4.67. The zero-order valence-corrected chi connectivity index (χ0v) is 7.43. The first-order valence-corrected chi connectivity index (χ1v) is 4.15. The Morgan fingerprint density at radius 2 is 2.00 bits per heavy atom. The molecule has 0 aromatic heterocycles. The van der Waals surface area contributed by atoms with Crippen LogP contribution in [0.15, 0.2) is 30.3 Å². The molecule has 1 atom stereocenters. The summed E-state index contributed by atoms with van der Waals surface area (Å²) in [6, 6.07) is 8.71. The third-order valence-electron chi connectivity index (χ3n) is 1.63. The van der Waals surface area contributed by atoms with Gasteiger partial charge in [0.1, 0.15) is 0 Å². The number of rotatable bonds is 3.